The Hall–Kier alpha value is -0.580. The molecular weight excluding hydrogens is 306 g/mol. The Morgan fingerprint density at radius 1 is 1.47 bits per heavy atom. The van der Waals surface area contributed by atoms with E-state index in [9.17, 15) is 5.11 Å². The first-order valence-electron chi connectivity index (χ1n) is 6.78. The van der Waals surface area contributed by atoms with Gasteiger partial charge in [0, 0.05) is 35.9 Å². The molecule has 1 aromatic rings. The molecule has 1 aromatic carbocycles. The number of rotatable bonds is 3. The molecule has 0 bridgehead atoms. The van der Waals surface area contributed by atoms with Crippen LogP contribution in [0.1, 0.15) is 31.9 Å². The molecule has 1 heterocycles. The van der Waals surface area contributed by atoms with Crippen LogP contribution in [0.3, 0.4) is 0 Å². The molecule has 1 aliphatic rings. The number of aliphatic hydroxyl groups is 1. The highest BCUT2D eigenvalue weighted by atomic mass is 79.9. The molecule has 0 radical (unpaired) electrons. The number of methoxy groups -OCH3 is 1. The Morgan fingerprint density at radius 2 is 2.21 bits per heavy atom. The van der Waals surface area contributed by atoms with Gasteiger partial charge in [-0.2, -0.15) is 0 Å². The van der Waals surface area contributed by atoms with Crippen molar-refractivity contribution in [2.45, 2.75) is 32.5 Å². The Balaban J connectivity index is 2.26. The smallest absolute Gasteiger partial charge is 0.0782 e. The predicted molar refractivity (Wildman–Crippen MR) is 81.6 cm³/mol. The fourth-order valence-corrected chi connectivity index (χ4v) is 3.09. The van der Waals surface area contributed by atoms with Crippen LogP contribution in [0.25, 0.3) is 0 Å². The summed E-state index contributed by atoms with van der Waals surface area (Å²) in [6.07, 6.45) is 0.917. The van der Waals surface area contributed by atoms with E-state index in [-0.39, 0.29) is 6.10 Å². The molecule has 3 unspecified atom stereocenters. The van der Waals surface area contributed by atoms with Gasteiger partial charge in [0.05, 0.1) is 12.2 Å². The molecule has 0 aromatic heterocycles. The molecule has 3 nitrogen and oxygen atoms in total. The van der Waals surface area contributed by atoms with Crippen LogP contribution in [-0.4, -0.2) is 31.4 Å². The molecule has 0 aliphatic carbocycles. The Kier molecular flexibility index (Phi) is 4.87. The topological polar surface area (TPSA) is 32.7 Å². The lowest BCUT2D eigenvalue weighted by Gasteiger charge is -2.38. The average molecular weight is 328 g/mol. The number of anilines is 1. The molecule has 1 N–H and O–H groups in total. The highest BCUT2D eigenvalue weighted by Crippen LogP contribution is 2.32. The van der Waals surface area contributed by atoms with Crippen LogP contribution in [0.5, 0.6) is 0 Å². The summed E-state index contributed by atoms with van der Waals surface area (Å²) >= 11 is 3.47. The van der Waals surface area contributed by atoms with E-state index >= 15 is 0 Å². The molecule has 0 saturated carbocycles. The zero-order valence-corrected chi connectivity index (χ0v) is 13.4. The van der Waals surface area contributed by atoms with Crippen molar-refractivity contribution in [2.24, 2.45) is 5.92 Å². The van der Waals surface area contributed by atoms with Gasteiger partial charge in [-0.1, -0.05) is 22.9 Å². The first-order valence-corrected chi connectivity index (χ1v) is 7.57. The van der Waals surface area contributed by atoms with Crippen molar-refractivity contribution in [3.63, 3.8) is 0 Å². The van der Waals surface area contributed by atoms with E-state index in [0.29, 0.717) is 5.92 Å². The summed E-state index contributed by atoms with van der Waals surface area (Å²) in [6, 6.07) is 6.11. The van der Waals surface area contributed by atoms with E-state index in [4.69, 9.17) is 4.74 Å². The van der Waals surface area contributed by atoms with Gasteiger partial charge in [-0.15, -0.1) is 0 Å². The van der Waals surface area contributed by atoms with Gasteiger partial charge in [0.1, 0.15) is 0 Å². The molecule has 1 saturated heterocycles. The van der Waals surface area contributed by atoms with E-state index < -0.39 is 6.10 Å². The zero-order chi connectivity index (χ0) is 14.0. The maximum Gasteiger partial charge on any atom is 0.0782 e. The summed E-state index contributed by atoms with van der Waals surface area (Å²) in [5, 5.41) is 9.96. The minimum absolute atomic E-state index is 0.263. The number of ether oxygens (including phenoxy) is 1. The fourth-order valence-electron chi connectivity index (χ4n) is 2.71. The third kappa shape index (κ3) is 3.30. The molecular formula is C15H22BrNO2. The molecule has 2 rings (SSSR count). The summed E-state index contributed by atoms with van der Waals surface area (Å²) < 4.78 is 6.57. The number of hydrogen-bond acceptors (Lipinski definition) is 3. The molecule has 19 heavy (non-hydrogen) atoms. The fraction of sp³-hybridized carbons (Fsp3) is 0.600. The van der Waals surface area contributed by atoms with Crippen molar-refractivity contribution in [2.75, 3.05) is 25.1 Å². The van der Waals surface area contributed by atoms with E-state index in [2.05, 4.69) is 33.8 Å². The molecule has 4 heteroatoms. The SMILES string of the molecule is COC1CN(c2ccc(Br)cc2C(C)O)CCC1C. The predicted octanol–water partition coefficient (Wildman–Crippen LogP) is 3.36. The second-order valence-corrected chi connectivity index (χ2v) is 6.28. The number of benzene rings is 1. The van der Waals surface area contributed by atoms with Crippen molar-refractivity contribution in [1.29, 1.82) is 0 Å². The third-order valence-electron chi connectivity index (χ3n) is 3.97. The van der Waals surface area contributed by atoms with Crippen LogP contribution < -0.4 is 4.90 Å². The molecule has 3 atom stereocenters. The van der Waals surface area contributed by atoms with Crippen LogP contribution >= 0.6 is 15.9 Å². The number of hydrogen-bond donors (Lipinski definition) is 1. The van der Waals surface area contributed by atoms with Gasteiger partial charge in [-0.3, -0.25) is 0 Å². The van der Waals surface area contributed by atoms with E-state index in [1.165, 1.54) is 0 Å². The van der Waals surface area contributed by atoms with E-state index in [1.54, 1.807) is 7.11 Å². The van der Waals surface area contributed by atoms with Crippen molar-refractivity contribution in [3.05, 3.63) is 28.2 Å². The first-order chi connectivity index (χ1) is 9.02. The van der Waals surface area contributed by atoms with Crippen molar-refractivity contribution < 1.29 is 9.84 Å². The monoisotopic (exact) mass is 327 g/mol. The lowest BCUT2D eigenvalue weighted by atomic mass is 9.94. The molecule has 0 amide bonds. The Morgan fingerprint density at radius 3 is 2.84 bits per heavy atom. The molecule has 106 valence electrons. The largest absolute Gasteiger partial charge is 0.389 e. The van der Waals surface area contributed by atoms with Crippen molar-refractivity contribution in [1.82, 2.24) is 0 Å². The van der Waals surface area contributed by atoms with Crippen LogP contribution in [0.4, 0.5) is 5.69 Å². The normalized spacial score (nSPS) is 25.4. The van der Waals surface area contributed by atoms with E-state index in [0.717, 1.165) is 35.2 Å². The van der Waals surface area contributed by atoms with Gasteiger partial charge in [0.25, 0.3) is 0 Å². The van der Waals surface area contributed by atoms with Crippen molar-refractivity contribution in [3.8, 4) is 0 Å². The number of piperidine rings is 1. The second-order valence-electron chi connectivity index (χ2n) is 5.37. The lowest BCUT2D eigenvalue weighted by Crippen LogP contribution is -2.44. The van der Waals surface area contributed by atoms with Crippen LogP contribution in [0.2, 0.25) is 0 Å². The van der Waals surface area contributed by atoms with Crippen molar-refractivity contribution >= 4 is 21.6 Å². The Labute approximate surface area is 123 Å². The Bertz CT molecular complexity index is 436. The quantitative estimate of drug-likeness (QED) is 0.923. The number of halogens is 1. The van der Waals surface area contributed by atoms with Gasteiger partial charge in [0.2, 0.25) is 0 Å². The second kappa shape index (κ2) is 6.25. The van der Waals surface area contributed by atoms with Crippen LogP contribution in [-0.2, 0) is 4.74 Å². The molecule has 1 aliphatic heterocycles. The lowest BCUT2D eigenvalue weighted by molar-refractivity contribution is 0.0497. The minimum Gasteiger partial charge on any atom is -0.389 e. The maximum absolute atomic E-state index is 9.96. The van der Waals surface area contributed by atoms with Crippen LogP contribution in [0.15, 0.2) is 22.7 Å². The first kappa shape index (κ1) is 14.8. The standard InChI is InChI=1S/C15H22BrNO2/c1-10-6-7-17(9-15(10)19-3)14-5-4-12(16)8-13(14)11(2)18/h4-5,8,10-11,15,18H,6-7,9H2,1-3H3. The van der Waals surface area contributed by atoms with Crippen LogP contribution in [0, 0.1) is 5.92 Å². The highest BCUT2D eigenvalue weighted by Gasteiger charge is 2.27. The minimum atomic E-state index is -0.465. The maximum atomic E-state index is 9.96. The third-order valence-corrected chi connectivity index (χ3v) is 4.47. The summed E-state index contributed by atoms with van der Waals surface area (Å²) in [6.45, 7) is 5.95. The van der Waals surface area contributed by atoms with Gasteiger partial charge in [0.15, 0.2) is 0 Å². The zero-order valence-electron chi connectivity index (χ0n) is 11.8. The van der Waals surface area contributed by atoms with Gasteiger partial charge >= 0.3 is 0 Å². The molecule has 0 spiro atoms. The average Bonchev–Trinajstić information content (AvgIpc) is 2.39. The van der Waals surface area contributed by atoms with Gasteiger partial charge < -0.3 is 14.7 Å². The summed E-state index contributed by atoms with van der Waals surface area (Å²) in [5.74, 6) is 0.590. The summed E-state index contributed by atoms with van der Waals surface area (Å²) in [7, 11) is 1.78. The van der Waals surface area contributed by atoms with Gasteiger partial charge in [-0.05, 0) is 37.5 Å². The number of aliphatic hydroxyl groups excluding tert-OH is 1. The number of nitrogens with zero attached hydrogens (tertiary/aromatic N) is 1. The summed E-state index contributed by atoms with van der Waals surface area (Å²) in [4.78, 5) is 2.32. The van der Waals surface area contributed by atoms with Gasteiger partial charge in [-0.25, -0.2) is 0 Å². The highest BCUT2D eigenvalue weighted by molar-refractivity contribution is 9.10. The summed E-state index contributed by atoms with van der Waals surface area (Å²) in [5.41, 5.74) is 2.09. The van der Waals surface area contributed by atoms with E-state index in [1.807, 2.05) is 19.1 Å². The molecule has 1 fully saturated rings.